The number of carbonyl (C=O) groups is 1. The van der Waals surface area contributed by atoms with E-state index in [1.807, 2.05) is 0 Å². The molecule has 0 aromatic rings. The molecule has 98 valence electrons. The van der Waals surface area contributed by atoms with E-state index in [9.17, 15) is 9.90 Å². The predicted molar refractivity (Wildman–Crippen MR) is 66.4 cm³/mol. The molecule has 1 amide bonds. The molecule has 2 aliphatic carbocycles. The Morgan fingerprint density at radius 2 is 1.59 bits per heavy atom. The predicted octanol–water partition coefficient (Wildman–Crippen LogP) is 1.07. The Kier molecular flexibility index (Phi) is 3.73. The van der Waals surface area contributed by atoms with Crippen molar-refractivity contribution in [2.45, 2.75) is 68.9 Å². The van der Waals surface area contributed by atoms with Crippen LogP contribution in [0.1, 0.15) is 57.8 Å². The van der Waals surface area contributed by atoms with Crippen LogP contribution in [-0.2, 0) is 4.79 Å². The molecule has 2 fully saturated rings. The van der Waals surface area contributed by atoms with Gasteiger partial charge in [0, 0.05) is 6.54 Å². The van der Waals surface area contributed by atoms with Crippen LogP contribution in [0.15, 0.2) is 0 Å². The summed E-state index contributed by atoms with van der Waals surface area (Å²) in [7, 11) is 0. The lowest BCUT2D eigenvalue weighted by Crippen LogP contribution is -2.57. The fourth-order valence-electron chi connectivity index (χ4n) is 3.04. The summed E-state index contributed by atoms with van der Waals surface area (Å²) in [6.07, 6.45) is 8.50. The zero-order valence-electron chi connectivity index (χ0n) is 10.5. The highest BCUT2D eigenvalue weighted by molar-refractivity contribution is 5.86. The van der Waals surface area contributed by atoms with Gasteiger partial charge in [-0.15, -0.1) is 0 Å². The molecule has 2 rings (SSSR count). The molecule has 0 atom stereocenters. The quantitative estimate of drug-likeness (QED) is 0.690. The zero-order chi connectivity index (χ0) is 12.4. The summed E-state index contributed by atoms with van der Waals surface area (Å²) in [5.41, 5.74) is 4.77. The van der Waals surface area contributed by atoms with Gasteiger partial charge in [0.15, 0.2) is 0 Å². The lowest BCUT2D eigenvalue weighted by molar-refractivity contribution is -0.128. The summed E-state index contributed by atoms with van der Waals surface area (Å²) in [6, 6.07) is 0. The Hall–Kier alpha value is -0.610. The SMILES string of the molecule is NC1(C(=O)NCC2(O)CCCC2)CCCCC1. The monoisotopic (exact) mass is 240 g/mol. The molecule has 2 saturated carbocycles. The van der Waals surface area contributed by atoms with Gasteiger partial charge in [0.2, 0.25) is 5.91 Å². The summed E-state index contributed by atoms with van der Waals surface area (Å²) in [5.74, 6) is -0.0717. The second-order valence-electron chi connectivity index (χ2n) is 5.83. The fraction of sp³-hybridized carbons (Fsp3) is 0.923. The number of nitrogens with two attached hydrogens (primary N) is 1. The normalized spacial score (nSPS) is 26.7. The number of hydrogen-bond donors (Lipinski definition) is 3. The first-order valence-corrected chi connectivity index (χ1v) is 6.84. The van der Waals surface area contributed by atoms with E-state index in [2.05, 4.69) is 5.32 Å². The molecule has 0 heterocycles. The van der Waals surface area contributed by atoms with Crippen molar-refractivity contribution in [3.63, 3.8) is 0 Å². The minimum Gasteiger partial charge on any atom is -0.388 e. The van der Waals surface area contributed by atoms with E-state index in [0.717, 1.165) is 51.4 Å². The number of amides is 1. The van der Waals surface area contributed by atoms with Crippen LogP contribution in [0.3, 0.4) is 0 Å². The maximum atomic E-state index is 12.1. The molecule has 0 aliphatic heterocycles. The lowest BCUT2D eigenvalue weighted by atomic mass is 9.82. The molecule has 0 radical (unpaired) electrons. The summed E-state index contributed by atoms with van der Waals surface area (Å²) in [4.78, 5) is 12.1. The lowest BCUT2D eigenvalue weighted by Gasteiger charge is -2.33. The van der Waals surface area contributed by atoms with Gasteiger partial charge in [-0.05, 0) is 25.7 Å². The van der Waals surface area contributed by atoms with Crippen molar-refractivity contribution in [2.24, 2.45) is 5.73 Å². The van der Waals surface area contributed by atoms with E-state index in [1.54, 1.807) is 0 Å². The Morgan fingerprint density at radius 1 is 1.06 bits per heavy atom. The molecule has 0 saturated heterocycles. The first-order valence-electron chi connectivity index (χ1n) is 6.84. The summed E-state index contributed by atoms with van der Waals surface area (Å²) >= 11 is 0. The van der Waals surface area contributed by atoms with Gasteiger partial charge < -0.3 is 16.2 Å². The van der Waals surface area contributed by atoms with Crippen molar-refractivity contribution >= 4 is 5.91 Å². The van der Waals surface area contributed by atoms with Gasteiger partial charge in [0.05, 0.1) is 11.1 Å². The van der Waals surface area contributed by atoms with Crippen LogP contribution in [0, 0.1) is 0 Å². The molecule has 2 aliphatic rings. The van der Waals surface area contributed by atoms with E-state index in [1.165, 1.54) is 6.42 Å². The van der Waals surface area contributed by atoms with Crippen molar-refractivity contribution in [1.29, 1.82) is 0 Å². The molecule has 0 unspecified atom stereocenters. The van der Waals surface area contributed by atoms with Gasteiger partial charge in [0.25, 0.3) is 0 Å². The summed E-state index contributed by atoms with van der Waals surface area (Å²) < 4.78 is 0. The van der Waals surface area contributed by atoms with E-state index < -0.39 is 11.1 Å². The first kappa shape index (κ1) is 12.8. The number of aliphatic hydroxyl groups is 1. The molecule has 4 nitrogen and oxygen atoms in total. The molecule has 4 N–H and O–H groups in total. The van der Waals surface area contributed by atoms with Crippen molar-refractivity contribution in [2.75, 3.05) is 6.54 Å². The van der Waals surface area contributed by atoms with Crippen LogP contribution in [0.5, 0.6) is 0 Å². The number of nitrogens with one attached hydrogen (secondary N) is 1. The average molecular weight is 240 g/mol. The Morgan fingerprint density at radius 3 is 2.18 bits per heavy atom. The number of hydrogen-bond acceptors (Lipinski definition) is 3. The standard InChI is InChI=1S/C13H24N2O2/c14-13(8-2-1-3-9-13)11(16)15-10-12(17)6-4-5-7-12/h17H,1-10,14H2,(H,15,16). The van der Waals surface area contributed by atoms with Gasteiger partial charge in [-0.2, -0.15) is 0 Å². The minimum atomic E-state index is -0.687. The van der Waals surface area contributed by atoms with Crippen molar-refractivity contribution in [1.82, 2.24) is 5.32 Å². The van der Waals surface area contributed by atoms with Crippen LogP contribution >= 0.6 is 0 Å². The highest BCUT2D eigenvalue weighted by atomic mass is 16.3. The average Bonchev–Trinajstić information content (AvgIpc) is 2.75. The third kappa shape index (κ3) is 2.99. The zero-order valence-corrected chi connectivity index (χ0v) is 10.5. The molecular formula is C13H24N2O2. The van der Waals surface area contributed by atoms with Crippen LogP contribution in [-0.4, -0.2) is 28.7 Å². The van der Waals surface area contributed by atoms with Crippen LogP contribution in [0.2, 0.25) is 0 Å². The Bertz CT molecular complexity index is 279. The van der Waals surface area contributed by atoms with E-state index in [0.29, 0.717) is 6.54 Å². The molecular weight excluding hydrogens is 216 g/mol. The maximum Gasteiger partial charge on any atom is 0.240 e. The van der Waals surface area contributed by atoms with Crippen molar-refractivity contribution in [3.05, 3.63) is 0 Å². The molecule has 0 aromatic carbocycles. The minimum absolute atomic E-state index is 0.0717. The second-order valence-corrected chi connectivity index (χ2v) is 5.83. The summed E-state index contributed by atoms with van der Waals surface area (Å²) in [6.45, 7) is 0.366. The third-order valence-electron chi connectivity index (χ3n) is 4.31. The largest absolute Gasteiger partial charge is 0.388 e. The fourth-order valence-corrected chi connectivity index (χ4v) is 3.04. The van der Waals surface area contributed by atoms with Gasteiger partial charge in [-0.1, -0.05) is 32.1 Å². The summed E-state index contributed by atoms with van der Waals surface area (Å²) in [5, 5.41) is 13.0. The van der Waals surface area contributed by atoms with Crippen LogP contribution in [0.4, 0.5) is 0 Å². The van der Waals surface area contributed by atoms with Gasteiger partial charge >= 0.3 is 0 Å². The van der Waals surface area contributed by atoms with E-state index in [-0.39, 0.29) is 5.91 Å². The van der Waals surface area contributed by atoms with Crippen molar-refractivity contribution < 1.29 is 9.90 Å². The van der Waals surface area contributed by atoms with E-state index >= 15 is 0 Å². The van der Waals surface area contributed by atoms with Gasteiger partial charge in [-0.25, -0.2) is 0 Å². The third-order valence-corrected chi connectivity index (χ3v) is 4.31. The number of rotatable bonds is 3. The second kappa shape index (κ2) is 4.94. The van der Waals surface area contributed by atoms with Crippen molar-refractivity contribution in [3.8, 4) is 0 Å². The molecule has 17 heavy (non-hydrogen) atoms. The molecule has 0 bridgehead atoms. The smallest absolute Gasteiger partial charge is 0.240 e. The van der Waals surface area contributed by atoms with Crippen LogP contribution < -0.4 is 11.1 Å². The Labute approximate surface area is 103 Å². The highest BCUT2D eigenvalue weighted by Gasteiger charge is 2.37. The van der Waals surface area contributed by atoms with E-state index in [4.69, 9.17) is 5.73 Å². The molecule has 4 heteroatoms. The number of carbonyl (C=O) groups excluding carboxylic acids is 1. The highest BCUT2D eigenvalue weighted by Crippen LogP contribution is 2.29. The first-order chi connectivity index (χ1) is 8.04. The maximum absolute atomic E-state index is 12.1. The van der Waals surface area contributed by atoms with Gasteiger partial charge in [-0.3, -0.25) is 4.79 Å². The van der Waals surface area contributed by atoms with Crippen LogP contribution in [0.25, 0.3) is 0 Å². The Balaban J connectivity index is 1.84. The van der Waals surface area contributed by atoms with Gasteiger partial charge in [0.1, 0.15) is 0 Å². The molecule has 0 spiro atoms. The molecule has 0 aromatic heterocycles. The topological polar surface area (TPSA) is 75.4 Å².